The molecule has 1 heterocycles. The SMILES string of the molecule is CC(C)=CCn1cncc1C(N)C(C)C. The molecule has 1 aromatic rings. The summed E-state index contributed by atoms with van der Waals surface area (Å²) in [7, 11) is 0. The maximum atomic E-state index is 6.11. The van der Waals surface area contributed by atoms with Gasteiger partial charge >= 0.3 is 0 Å². The van der Waals surface area contributed by atoms with Gasteiger partial charge in [0.15, 0.2) is 0 Å². The molecule has 0 aliphatic carbocycles. The molecule has 0 aromatic carbocycles. The first kappa shape index (κ1) is 12.0. The van der Waals surface area contributed by atoms with E-state index in [1.807, 2.05) is 12.5 Å². The highest BCUT2D eigenvalue weighted by molar-refractivity contribution is 5.07. The molecule has 1 rings (SSSR count). The van der Waals surface area contributed by atoms with Gasteiger partial charge in [-0.25, -0.2) is 4.98 Å². The molecule has 0 bridgehead atoms. The van der Waals surface area contributed by atoms with Crippen LogP contribution in [0.4, 0.5) is 0 Å². The third-order valence-corrected chi connectivity index (χ3v) is 2.50. The molecule has 84 valence electrons. The molecule has 2 N–H and O–H groups in total. The number of aromatic nitrogens is 2. The van der Waals surface area contributed by atoms with E-state index in [0.29, 0.717) is 5.92 Å². The van der Waals surface area contributed by atoms with Crippen molar-refractivity contribution in [2.75, 3.05) is 0 Å². The fourth-order valence-corrected chi connectivity index (χ4v) is 1.38. The number of imidazole rings is 1. The summed E-state index contributed by atoms with van der Waals surface area (Å²) in [6.45, 7) is 9.31. The second kappa shape index (κ2) is 5.12. The predicted octanol–water partition coefficient (Wildman–Crippen LogP) is 2.51. The molecule has 15 heavy (non-hydrogen) atoms. The van der Waals surface area contributed by atoms with Crippen LogP contribution in [0.5, 0.6) is 0 Å². The van der Waals surface area contributed by atoms with Gasteiger partial charge in [0.05, 0.1) is 12.0 Å². The molecule has 1 atom stereocenters. The van der Waals surface area contributed by atoms with E-state index < -0.39 is 0 Å². The maximum Gasteiger partial charge on any atom is 0.0951 e. The van der Waals surface area contributed by atoms with Crippen molar-refractivity contribution in [3.63, 3.8) is 0 Å². The van der Waals surface area contributed by atoms with Crippen LogP contribution in [0.3, 0.4) is 0 Å². The lowest BCUT2D eigenvalue weighted by Crippen LogP contribution is -2.20. The summed E-state index contributed by atoms with van der Waals surface area (Å²) in [5.41, 5.74) is 8.53. The summed E-state index contributed by atoms with van der Waals surface area (Å²) in [4.78, 5) is 4.16. The van der Waals surface area contributed by atoms with E-state index in [2.05, 4.69) is 43.3 Å². The Hall–Kier alpha value is -1.09. The molecular formula is C12H21N3. The van der Waals surface area contributed by atoms with E-state index >= 15 is 0 Å². The van der Waals surface area contributed by atoms with E-state index in [0.717, 1.165) is 12.2 Å². The van der Waals surface area contributed by atoms with Crippen molar-refractivity contribution in [1.29, 1.82) is 0 Å². The van der Waals surface area contributed by atoms with Crippen molar-refractivity contribution in [2.45, 2.75) is 40.3 Å². The van der Waals surface area contributed by atoms with Crippen LogP contribution in [0.1, 0.15) is 39.4 Å². The summed E-state index contributed by atoms with van der Waals surface area (Å²) in [6, 6.07) is 0.0677. The zero-order chi connectivity index (χ0) is 11.4. The van der Waals surface area contributed by atoms with Gasteiger partial charge in [-0.15, -0.1) is 0 Å². The van der Waals surface area contributed by atoms with E-state index in [4.69, 9.17) is 5.73 Å². The molecule has 0 saturated heterocycles. The lowest BCUT2D eigenvalue weighted by Gasteiger charge is -2.17. The van der Waals surface area contributed by atoms with E-state index in [-0.39, 0.29) is 6.04 Å². The van der Waals surface area contributed by atoms with Crippen LogP contribution < -0.4 is 5.73 Å². The largest absolute Gasteiger partial charge is 0.329 e. The molecule has 0 saturated carbocycles. The Balaban J connectivity index is 2.82. The minimum atomic E-state index is 0.0677. The van der Waals surface area contributed by atoms with Gasteiger partial charge in [-0.2, -0.15) is 0 Å². The molecule has 3 nitrogen and oxygen atoms in total. The number of hydrogen-bond acceptors (Lipinski definition) is 2. The van der Waals surface area contributed by atoms with Crippen molar-refractivity contribution >= 4 is 0 Å². The van der Waals surface area contributed by atoms with Crippen molar-refractivity contribution in [3.8, 4) is 0 Å². The normalized spacial score (nSPS) is 12.9. The second-order valence-electron chi connectivity index (χ2n) is 4.52. The monoisotopic (exact) mass is 207 g/mol. The first-order chi connectivity index (χ1) is 7.02. The number of nitrogens with zero attached hydrogens (tertiary/aromatic N) is 2. The number of rotatable bonds is 4. The Kier molecular flexibility index (Phi) is 4.09. The Labute approximate surface area is 92.0 Å². The number of nitrogens with two attached hydrogens (primary N) is 1. The molecule has 0 aliphatic heterocycles. The smallest absolute Gasteiger partial charge is 0.0951 e. The maximum absolute atomic E-state index is 6.11. The summed E-state index contributed by atoms with van der Waals surface area (Å²) >= 11 is 0. The first-order valence-corrected chi connectivity index (χ1v) is 5.41. The lowest BCUT2D eigenvalue weighted by molar-refractivity contribution is 0.485. The minimum absolute atomic E-state index is 0.0677. The second-order valence-corrected chi connectivity index (χ2v) is 4.52. The van der Waals surface area contributed by atoms with Gasteiger partial charge in [0.2, 0.25) is 0 Å². The zero-order valence-corrected chi connectivity index (χ0v) is 10.1. The van der Waals surface area contributed by atoms with Gasteiger partial charge in [0.1, 0.15) is 0 Å². The van der Waals surface area contributed by atoms with Crippen molar-refractivity contribution in [2.24, 2.45) is 11.7 Å². The fraction of sp³-hybridized carbons (Fsp3) is 0.583. The quantitative estimate of drug-likeness (QED) is 0.771. The van der Waals surface area contributed by atoms with Crippen molar-refractivity contribution < 1.29 is 0 Å². The average molecular weight is 207 g/mol. The molecule has 1 aromatic heterocycles. The zero-order valence-electron chi connectivity index (χ0n) is 10.1. The molecule has 0 radical (unpaired) electrons. The van der Waals surface area contributed by atoms with Crippen molar-refractivity contribution in [3.05, 3.63) is 29.9 Å². The van der Waals surface area contributed by atoms with Gasteiger partial charge < -0.3 is 10.3 Å². The third-order valence-electron chi connectivity index (χ3n) is 2.50. The van der Waals surface area contributed by atoms with Gasteiger partial charge in [-0.3, -0.25) is 0 Å². The van der Waals surface area contributed by atoms with Gasteiger partial charge in [-0.05, 0) is 19.8 Å². The topological polar surface area (TPSA) is 43.8 Å². The van der Waals surface area contributed by atoms with E-state index in [1.54, 1.807) is 0 Å². The highest BCUT2D eigenvalue weighted by atomic mass is 15.1. The van der Waals surface area contributed by atoms with Crippen LogP contribution in [-0.4, -0.2) is 9.55 Å². The highest BCUT2D eigenvalue weighted by Gasteiger charge is 2.14. The Morgan fingerprint density at radius 1 is 1.53 bits per heavy atom. The summed E-state index contributed by atoms with van der Waals surface area (Å²) < 4.78 is 2.11. The van der Waals surface area contributed by atoms with Gasteiger partial charge in [0, 0.05) is 18.8 Å². The first-order valence-electron chi connectivity index (χ1n) is 5.41. The van der Waals surface area contributed by atoms with E-state index in [1.165, 1.54) is 5.57 Å². The average Bonchev–Trinajstić information content (AvgIpc) is 2.60. The van der Waals surface area contributed by atoms with Crippen LogP contribution in [0.2, 0.25) is 0 Å². The molecule has 0 fully saturated rings. The molecular weight excluding hydrogens is 186 g/mol. The molecule has 0 spiro atoms. The summed E-state index contributed by atoms with van der Waals surface area (Å²) in [5, 5.41) is 0. The number of hydrogen-bond donors (Lipinski definition) is 1. The van der Waals surface area contributed by atoms with Crippen LogP contribution in [0.15, 0.2) is 24.2 Å². The number of allylic oxidation sites excluding steroid dienone is 2. The van der Waals surface area contributed by atoms with Gasteiger partial charge in [0.25, 0.3) is 0 Å². The Bertz CT molecular complexity index is 332. The molecule has 0 aliphatic rings. The summed E-state index contributed by atoms with van der Waals surface area (Å²) in [5.74, 6) is 0.437. The third kappa shape index (κ3) is 3.20. The standard InChI is InChI=1S/C12H21N3/c1-9(2)5-6-15-8-14-7-11(15)12(13)10(3)4/h5,7-8,10,12H,6,13H2,1-4H3. The highest BCUT2D eigenvalue weighted by Crippen LogP contribution is 2.18. The lowest BCUT2D eigenvalue weighted by atomic mass is 10.0. The van der Waals surface area contributed by atoms with Gasteiger partial charge in [-0.1, -0.05) is 25.5 Å². The van der Waals surface area contributed by atoms with E-state index in [9.17, 15) is 0 Å². The molecule has 0 amide bonds. The summed E-state index contributed by atoms with van der Waals surface area (Å²) in [6.07, 6.45) is 5.89. The Morgan fingerprint density at radius 3 is 2.73 bits per heavy atom. The fourth-order valence-electron chi connectivity index (χ4n) is 1.38. The van der Waals surface area contributed by atoms with Crippen molar-refractivity contribution in [1.82, 2.24) is 9.55 Å². The van der Waals surface area contributed by atoms with Crippen LogP contribution in [0.25, 0.3) is 0 Å². The Morgan fingerprint density at radius 2 is 2.20 bits per heavy atom. The van der Waals surface area contributed by atoms with Crippen LogP contribution >= 0.6 is 0 Å². The predicted molar refractivity (Wildman–Crippen MR) is 63.4 cm³/mol. The molecule has 1 unspecified atom stereocenters. The minimum Gasteiger partial charge on any atom is -0.329 e. The van der Waals surface area contributed by atoms with Crippen LogP contribution in [-0.2, 0) is 6.54 Å². The molecule has 3 heteroatoms. The van der Waals surface area contributed by atoms with Crippen LogP contribution in [0, 0.1) is 5.92 Å².